The molecule has 9 heteroatoms. The molecule has 0 aliphatic carbocycles. The number of anilines is 2. The van der Waals surface area contributed by atoms with Gasteiger partial charge in [0.2, 0.25) is 10.0 Å². The van der Waals surface area contributed by atoms with Gasteiger partial charge >= 0.3 is 0 Å². The summed E-state index contributed by atoms with van der Waals surface area (Å²) in [6, 6.07) is 18.2. The summed E-state index contributed by atoms with van der Waals surface area (Å²) in [7, 11) is -3.65. The van der Waals surface area contributed by atoms with Crippen molar-refractivity contribution in [3.8, 4) is 5.75 Å². The quantitative estimate of drug-likeness (QED) is 0.375. The lowest BCUT2D eigenvalue weighted by atomic mass is 10.1. The van der Waals surface area contributed by atoms with Gasteiger partial charge in [0.25, 0.3) is 5.91 Å². The van der Waals surface area contributed by atoms with E-state index in [1.165, 1.54) is 4.31 Å². The van der Waals surface area contributed by atoms with E-state index in [1.54, 1.807) is 72.8 Å². The number of amides is 1. The molecule has 172 valence electrons. The Labute approximate surface area is 203 Å². The van der Waals surface area contributed by atoms with E-state index >= 15 is 0 Å². The molecule has 0 heterocycles. The van der Waals surface area contributed by atoms with Crippen LogP contribution in [0, 0.1) is 0 Å². The fraction of sp³-hybridized carbons (Fsp3) is 0.125. The first-order valence-electron chi connectivity index (χ1n) is 9.85. The number of benzene rings is 3. The second kappa shape index (κ2) is 10.7. The van der Waals surface area contributed by atoms with E-state index in [1.807, 2.05) is 0 Å². The minimum atomic E-state index is -3.65. The zero-order chi connectivity index (χ0) is 24.0. The van der Waals surface area contributed by atoms with Crippen LogP contribution in [0.4, 0.5) is 11.4 Å². The summed E-state index contributed by atoms with van der Waals surface area (Å²) in [6.07, 6.45) is 2.73. The van der Waals surface area contributed by atoms with E-state index in [0.717, 1.165) is 6.26 Å². The highest BCUT2D eigenvalue weighted by atomic mass is 35.5. The summed E-state index contributed by atoms with van der Waals surface area (Å²) >= 11 is 12.4. The molecule has 1 N–H and O–H groups in total. The Morgan fingerprint density at radius 2 is 1.70 bits per heavy atom. The third kappa shape index (κ3) is 6.51. The first kappa shape index (κ1) is 24.6. The van der Waals surface area contributed by atoms with Crippen LogP contribution in [0.1, 0.15) is 15.9 Å². The van der Waals surface area contributed by atoms with Crippen molar-refractivity contribution in [3.05, 3.63) is 101 Å². The summed E-state index contributed by atoms with van der Waals surface area (Å²) in [5, 5.41) is 3.53. The molecule has 0 aliphatic rings. The van der Waals surface area contributed by atoms with Crippen LogP contribution < -0.4 is 14.4 Å². The van der Waals surface area contributed by atoms with Crippen LogP contribution in [-0.4, -0.2) is 27.2 Å². The number of sulfonamides is 1. The van der Waals surface area contributed by atoms with Gasteiger partial charge in [0.15, 0.2) is 0 Å². The van der Waals surface area contributed by atoms with Gasteiger partial charge in [-0.25, -0.2) is 8.42 Å². The lowest BCUT2D eigenvalue weighted by Crippen LogP contribution is -2.29. The number of carbonyl (C=O) groups is 1. The molecule has 0 aliphatic heterocycles. The summed E-state index contributed by atoms with van der Waals surface area (Å²) in [5.41, 5.74) is 1.80. The molecular formula is C24H22Cl2N2O4S. The average molecular weight is 505 g/mol. The maximum atomic E-state index is 12.7. The van der Waals surface area contributed by atoms with Crippen LogP contribution in [0.5, 0.6) is 5.75 Å². The zero-order valence-electron chi connectivity index (χ0n) is 17.8. The summed E-state index contributed by atoms with van der Waals surface area (Å²) < 4.78 is 31.6. The molecule has 0 fully saturated rings. The van der Waals surface area contributed by atoms with Crippen molar-refractivity contribution >= 4 is 50.5 Å². The summed E-state index contributed by atoms with van der Waals surface area (Å²) in [4.78, 5) is 12.7. The van der Waals surface area contributed by atoms with Crippen LogP contribution in [0.25, 0.3) is 0 Å². The fourth-order valence-electron chi connectivity index (χ4n) is 3.03. The van der Waals surface area contributed by atoms with E-state index in [2.05, 4.69) is 11.9 Å². The number of ether oxygens (including phenoxy) is 1. The molecule has 33 heavy (non-hydrogen) atoms. The Balaban J connectivity index is 1.79. The highest BCUT2D eigenvalue weighted by molar-refractivity contribution is 7.92. The topological polar surface area (TPSA) is 75.7 Å². The number of hydrogen-bond acceptors (Lipinski definition) is 4. The number of rotatable bonds is 9. The second-order valence-electron chi connectivity index (χ2n) is 7.10. The van der Waals surface area contributed by atoms with Crippen molar-refractivity contribution in [3.63, 3.8) is 0 Å². The number of halogens is 2. The Hall–Kier alpha value is -3.00. The first-order valence-corrected chi connectivity index (χ1v) is 12.4. The number of nitrogens with one attached hydrogen (secondary N) is 1. The van der Waals surface area contributed by atoms with Gasteiger partial charge in [0.1, 0.15) is 12.4 Å². The van der Waals surface area contributed by atoms with Crippen LogP contribution in [0.3, 0.4) is 0 Å². The van der Waals surface area contributed by atoms with Crippen molar-refractivity contribution in [2.45, 2.75) is 6.54 Å². The fourth-order valence-corrected chi connectivity index (χ4v) is 4.41. The van der Waals surface area contributed by atoms with Crippen LogP contribution in [0.15, 0.2) is 79.4 Å². The van der Waals surface area contributed by atoms with Gasteiger partial charge < -0.3 is 10.1 Å². The van der Waals surface area contributed by atoms with Gasteiger partial charge in [-0.3, -0.25) is 9.10 Å². The highest BCUT2D eigenvalue weighted by Gasteiger charge is 2.21. The molecule has 1 amide bonds. The first-order chi connectivity index (χ1) is 15.7. The SMILES string of the molecule is C=CCOc1cccc(NC(=O)c2ccc(N(Cc3c(Cl)cccc3Cl)S(C)(=O)=O)cc2)c1. The van der Waals surface area contributed by atoms with E-state index < -0.39 is 10.0 Å². The third-order valence-electron chi connectivity index (χ3n) is 4.64. The third-order valence-corrected chi connectivity index (χ3v) is 6.49. The minimum Gasteiger partial charge on any atom is -0.489 e. The smallest absolute Gasteiger partial charge is 0.255 e. The number of hydrogen-bond donors (Lipinski definition) is 1. The lowest BCUT2D eigenvalue weighted by molar-refractivity contribution is 0.102. The standard InChI is InChI=1S/C24H22Cl2N2O4S/c1-3-14-32-20-7-4-6-18(15-20)27-24(29)17-10-12-19(13-11-17)28(33(2,30)31)16-21-22(25)8-5-9-23(21)26/h3-13,15H,1,14,16H2,2H3,(H,27,29). The van der Waals surface area contributed by atoms with E-state index in [0.29, 0.717) is 44.9 Å². The summed E-state index contributed by atoms with van der Waals surface area (Å²) in [6.45, 7) is 3.92. The lowest BCUT2D eigenvalue weighted by Gasteiger charge is -2.23. The largest absolute Gasteiger partial charge is 0.489 e. The zero-order valence-corrected chi connectivity index (χ0v) is 20.1. The van der Waals surface area contributed by atoms with Crippen molar-refractivity contribution in [2.24, 2.45) is 0 Å². The maximum absolute atomic E-state index is 12.7. The molecular weight excluding hydrogens is 483 g/mol. The Bertz CT molecular complexity index is 1240. The van der Waals surface area contributed by atoms with Gasteiger partial charge in [-0.2, -0.15) is 0 Å². The molecule has 6 nitrogen and oxygen atoms in total. The van der Waals surface area contributed by atoms with Crippen molar-refractivity contribution in [1.82, 2.24) is 0 Å². The summed E-state index contributed by atoms with van der Waals surface area (Å²) in [5.74, 6) is 0.257. The molecule has 0 spiro atoms. The van der Waals surface area contributed by atoms with Crippen molar-refractivity contribution < 1.29 is 17.9 Å². The van der Waals surface area contributed by atoms with Crippen molar-refractivity contribution in [1.29, 1.82) is 0 Å². The van der Waals surface area contributed by atoms with Gasteiger partial charge in [-0.1, -0.05) is 48.0 Å². The molecule has 0 aromatic heterocycles. The van der Waals surface area contributed by atoms with E-state index in [9.17, 15) is 13.2 Å². The maximum Gasteiger partial charge on any atom is 0.255 e. The predicted molar refractivity (Wildman–Crippen MR) is 134 cm³/mol. The Morgan fingerprint density at radius 1 is 1.06 bits per heavy atom. The van der Waals surface area contributed by atoms with Crippen LogP contribution in [0.2, 0.25) is 10.0 Å². The van der Waals surface area contributed by atoms with Crippen LogP contribution in [-0.2, 0) is 16.6 Å². The van der Waals surface area contributed by atoms with E-state index in [4.69, 9.17) is 27.9 Å². The molecule has 3 rings (SSSR count). The van der Waals surface area contributed by atoms with Crippen molar-refractivity contribution in [2.75, 3.05) is 22.5 Å². The molecule has 3 aromatic rings. The Morgan fingerprint density at radius 3 is 2.30 bits per heavy atom. The number of nitrogens with zero attached hydrogens (tertiary/aromatic N) is 1. The normalized spacial score (nSPS) is 11.0. The molecule has 0 radical (unpaired) electrons. The van der Waals surface area contributed by atoms with Gasteiger partial charge in [-0.05, 0) is 48.5 Å². The van der Waals surface area contributed by atoms with Gasteiger partial charge in [-0.15, -0.1) is 0 Å². The van der Waals surface area contributed by atoms with Gasteiger partial charge in [0.05, 0.1) is 18.5 Å². The monoisotopic (exact) mass is 504 g/mol. The number of carbonyl (C=O) groups excluding carboxylic acids is 1. The molecule has 0 saturated carbocycles. The van der Waals surface area contributed by atoms with Crippen LogP contribution >= 0.6 is 23.2 Å². The molecule has 0 atom stereocenters. The minimum absolute atomic E-state index is 0.0413. The van der Waals surface area contributed by atoms with Gasteiger partial charge in [0, 0.05) is 32.9 Å². The van der Waals surface area contributed by atoms with E-state index in [-0.39, 0.29) is 12.5 Å². The Kier molecular flexibility index (Phi) is 8.02. The predicted octanol–water partition coefficient (Wildman–Crippen LogP) is 5.78. The average Bonchev–Trinajstić information content (AvgIpc) is 2.77. The molecule has 0 saturated heterocycles. The molecule has 3 aromatic carbocycles. The highest BCUT2D eigenvalue weighted by Crippen LogP contribution is 2.29. The molecule has 0 unspecified atom stereocenters. The molecule has 0 bridgehead atoms. The second-order valence-corrected chi connectivity index (χ2v) is 9.82.